The predicted molar refractivity (Wildman–Crippen MR) is 77.8 cm³/mol. The van der Waals surface area contributed by atoms with E-state index in [1.54, 1.807) is 0 Å². The van der Waals surface area contributed by atoms with Crippen molar-refractivity contribution in [2.45, 2.75) is 64.1 Å². The van der Waals surface area contributed by atoms with E-state index in [1.807, 2.05) is 11.8 Å². The third-order valence-electron chi connectivity index (χ3n) is 4.31. The first-order valence-corrected chi connectivity index (χ1v) is 8.02. The lowest BCUT2D eigenvalue weighted by atomic mass is 9.98. The van der Waals surface area contributed by atoms with Crippen LogP contribution in [0.15, 0.2) is 0 Å². The molecule has 20 heavy (non-hydrogen) atoms. The van der Waals surface area contributed by atoms with Gasteiger partial charge in [0.15, 0.2) is 0 Å². The molecule has 1 amide bonds. The molecule has 1 N–H and O–H groups in total. The zero-order chi connectivity index (χ0) is 14.4. The van der Waals surface area contributed by atoms with Gasteiger partial charge in [-0.1, -0.05) is 6.92 Å². The summed E-state index contributed by atoms with van der Waals surface area (Å²) in [6.45, 7) is 6.97. The topological polar surface area (TPSA) is 50.8 Å². The Morgan fingerprint density at radius 3 is 2.65 bits per heavy atom. The third kappa shape index (κ3) is 4.35. The van der Waals surface area contributed by atoms with Crippen LogP contribution in [0.3, 0.4) is 0 Å². The van der Waals surface area contributed by atoms with E-state index in [0.717, 1.165) is 51.8 Å². The molecular formula is C15H28N2O3. The third-order valence-corrected chi connectivity index (χ3v) is 4.31. The number of rotatable bonds is 4. The molecule has 116 valence electrons. The highest BCUT2D eigenvalue weighted by Crippen LogP contribution is 2.19. The predicted octanol–water partition coefficient (Wildman–Crippen LogP) is 2.15. The van der Waals surface area contributed by atoms with Crippen molar-refractivity contribution in [1.82, 2.24) is 10.2 Å². The number of hydrogen-bond donors (Lipinski definition) is 1. The van der Waals surface area contributed by atoms with Gasteiger partial charge < -0.3 is 19.7 Å². The van der Waals surface area contributed by atoms with Gasteiger partial charge in [0.05, 0.1) is 12.7 Å². The van der Waals surface area contributed by atoms with Crippen LogP contribution < -0.4 is 5.32 Å². The van der Waals surface area contributed by atoms with Gasteiger partial charge in [0, 0.05) is 31.8 Å². The second kappa shape index (κ2) is 7.84. The lowest BCUT2D eigenvalue weighted by Gasteiger charge is -2.36. The molecule has 5 heteroatoms. The van der Waals surface area contributed by atoms with Crippen LogP contribution in [0.2, 0.25) is 0 Å². The van der Waals surface area contributed by atoms with E-state index in [2.05, 4.69) is 12.2 Å². The Morgan fingerprint density at radius 1 is 1.25 bits per heavy atom. The Balaban J connectivity index is 1.70. The number of piperidine rings is 1. The minimum Gasteiger partial charge on any atom is -0.450 e. The maximum Gasteiger partial charge on any atom is 0.409 e. The molecule has 2 fully saturated rings. The lowest BCUT2D eigenvalue weighted by Crippen LogP contribution is -2.49. The largest absolute Gasteiger partial charge is 0.450 e. The van der Waals surface area contributed by atoms with Crippen LogP contribution in [-0.2, 0) is 9.47 Å². The van der Waals surface area contributed by atoms with Crippen molar-refractivity contribution >= 4 is 6.09 Å². The molecule has 0 aromatic rings. The molecule has 5 nitrogen and oxygen atoms in total. The molecule has 2 heterocycles. The maximum absolute atomic E-state index is 11.6. The smallest absolute Gasteiger partial charge is 0.409 e. The van der Waals surface area contributed by atoms with Crippen molar-refractivity contribution in [1.29, 1.82) is 0 Å². The summed E-state index contributed by atoms with van der Waals surface area (Å²) in [7, 11) is 0. The summed E-state index contributed by atoms with van der Waals surface area (Å²) in [4.78, 5) is 13.5. The molecule has 0 saturated carbocycles. The second-order valence-electron chi connectivity index (χ2n) is 5.75. The van der Waals surface area contributed by atoms with Crippen LogP contribution in [0.25, 0.3) is 0 Å². The SMILES string of the molecule is CCOC(=O)N1CCC(NC2CCOC(CC)C2)CC1. The summed E-state index contributed by atoms with van der Waals surface area (Å²) < 4.78 is 10.8. The number of ether oxygens (including phenoxy) is 2. The van der Waals surface area contributed by atoms with Gasteiger partial charge in [0.1, 0.15) is 0 Å². The van der Waals surface area contributed by atoms with Gasteiger partial charge in [0.25, 0.3) is 0 Å². The van der Waals surface area contributed by atoms with Gasteiger partial charge in [-0.15, -0.1) is 0 Å². The Morgan fingerprint density at radius 2 is 2.00 bits per heavy atom. The summed E-state index contributed by atoms with van der Waals surface area (Å²) in [6, 6.07) is 1.11. The molecule has 0 bridgehead atoms. The zero-order valence-corrected chi connectivity index (χ0v) is 12.8. The highest BCUT2D eigenvalue weighted by atomic mass is 16.6. The first-order valence-electron chi connectivity index (χ1n) is 8.02. The summed E-state index contributed by atoms with van der Waals surface area (Å²) >= 11 is 0. The van der Waals surface area contributed by atoms with Crippen LogP contribution in [0, 0.1) is 0 Å². The summed E-state index contributed by atoms with van der Waals surface area (Å²) in [5.41, 5.74) is 0. The fraction of sp³-hybridized carbons (Fsp3) is 0.933. The number of carbonyl (C=O) groups is 1. The first-order chi connectivity index (χ1) is 9.72. The minimum atomic E-state index is -0.164. The number of likely N-dealkylation sites (tertiary alicyclic amines) is 1. The Kier molecular flexibility index (Phi) is 6.10. The standard InChI is InChI=1S/C15H28N2O3/c1-3-14-11-13(7-10-20-14)16-12-5-8-17(9-6-12)15(18)19-4-2/h12-14,16H,3-11H2,1-2H3. The average molecular weight is 284 g/mol. The maximum atomic E-state index is 11.6. The van der Waals surface area contributed by atoms with Gasteiger partial charge in [0.2, 0.25) is 0 Å². The molecule has 2 rings (SSSR count). The van der Waals surface area contributed by atoms with Crippen LogP contribution >= 0.6 is 0 Å². The minimum absolute atomic E-state index is 0.164. The highest BCUT2D eigenvalue weighted by Gasteiger charge is 2.27. The summed E-state index contributed by atoms with van der Waals surface area (Å²) in [5, 5.41) is 3.75. The number of nitrogens with one attached hydrogen (secondary N) is 1. The zero-order valence-electron chi connectivity index (χ0n) is 12.8. The van der Waals surface area contributed by atoms with Crippen LogP contribution in [-0.4, -0.2) is 55.5 Å². The van der Waals surface area contributed by atoms with Crippen molar-refractivity contribution in [2.24, 2.45) is 0 Å². The van der Waals surface area contributed by atoms with Gasteiger partial charge in [-0.2, -0.15) is 0 Å². The molecule has 0 aliphatic carbocycles. The first kappa shape index (κ1) is 15.6. The van der Waals surface area contributed by atoms with Crippen LogP contribution in [0.1, 0.15) is 46.0 Å². The molecule has 2 aliphatic heterocycles. The van der Waals surface area contributed by atoms with E-state index < -0.39 is 0 Å². The lowest BCUT2D eigenvalue weighted by molar-refractivity contribution is -0.00343. The molecule has 2 aliphatic rings. The van der Waals surface area contributed by atoms with E-state index in [-0.39, 0.29) is 6.09 Å². The fourth-order valence-electron chi connectivity index (χ4n) is 3.09. The van der Waals surface area contributed by atoms with E-state index in [1.165, 1.54) is 0 Å². The highest BCUT2D eigenvalue weighted by molar-refractivity contribution is 5.67. The second-order valence-corrected chi connectivity index (χ2v) is 5.75. The van der Waals surface area contributed by atoms with Crippen molar-refractivity contribution < 1.29 is 14.3 Å². The monoisotopic (exact) mass is 284 g/mol. The number of amides is 1. The van der Waals surface area contributed by atoms with Gasteiger partial charge in [-0.3, -0.25) is 0 Å². The number of carbonyl (C=O) groups excluding carboxylic acids is 1. The molecule has 0 radical (unpaired) electrons. The van der Waals surface area contributed by atoms with Crippen LogP contribution in [0.5, 0.6) is 0 Å². The normalized spacial score (nSPS) is 28.4. The average Bonchev–Trinajstić information content (AvgIpc) is 2.48. The Hall–Kier alpha value is -0.810. The van der Waals surface area contributed by atoms with Crippen molar-refractivity contribution in [3.05, 3.63) is 0 Å². The number of nitrogens with zero attached hydrogens (tertiary/aromatic N) is 1. The molecule has 2 saturated heterocycles. The van der Waals surface area contributed by atoms with Gasteiger partial charge in [-0.05, 0) is 39.0 Å². The van der Waals surface area contributed by atoms with Crippen LogP contribution in [0.4, 0.5) is 4.79 Å². The van der Waals surface area contributed by atoms with E-state index >= 15 is 0 Å². The Labute approximate surface area is 122 Å². The Bertz CT molecular complexity index is 303. The molecule has 0 aromatic carbocycles. The molecule has 2 unspecified atom stereocenters. The quantitative estimate of drug-likeness (QED) is 0.859. The molecule has 0 spiro atoms. The summed E-state index contributed by atoms with van der Waals surface area (Å²) in [5.74, 6) is 0. The van der Waals surface area contributed by atoms with Crippen molar-refractivity contribution in [2.75, 3.05) is 26.3 Å². The fourth-order valence-corrected chi connectivity index (χ4v) is 3.09. The number of hydrogen-bond acceptors (Lipinski definition) is 4. The van der Waals surface area contributed by atoms with E-state index in [9.17, 15) is 4.79 Å². The van der Waals surface area contributed by atoms with Crippen molar-refractivity contribution in [3.8, 4) is 0 Å². The molecule has 0 aromatic heterocycles. The molecule has 2 atom stereocenters. The van der Waals surface area contributed by atoms with E-state index in [4.69, 9.17) is 9.47 Å². The van der Waals surface area contributed by atoms with Crippen molar-refractivity contribution in [3.63, 3.8) is 0 Å². The molecular weight excluding hydrogens is 256 g/mol. The van der Waals surface area contributed by atoms with Gasteiger partial charge in [-0.25, -0.2) is 4.79 Å². The summed E-state index contributed by atoms with van der Waals surface area (Å²) in [6.07, 6.45) is 5.62. The van der Waals surface area contributed by atoms with Gasteiger partial charge >= 0.3 is 6.09 Å². The van der Waals surface area contributed by atoms with E-state index in [0.29, 0.717) is 24.8 Å².